The second-order valence-corrected chi connectivity index (χ2v) is 1.71. The van der Waals surface area contributed by atoms with Gasteiger partial charge in [-0.05, 0) is 12.8 Å². The molecule has 0 aliphatic heterocycles. The van der Waals surface area contributed by atoms with E-state index in [2.05, 4.69) is 0 Å². The summed E-state index contributed by atoms with van der Waals surface area (Å²) >= 11 is 0. The quantitative estimate of drug-likeness (QED) is 0.349. The zero-order valence-corrected chi connectivity index (χ0v) is 5.20. The van der Waals surface area contributed by atoms with Crippen molar-refractivity contribution < 1.29 is 15.2 Å². The van der Waals surface area contributed by atoms with Crippen LogP contribution in [-0.2, 0) is 0 Å². The molecule has 0 saturated carbocycles. The third-order valence-corrected chi connectivity index (χ3v) is 0.837. The molecule has 3 nitrogen and oxygen atoms in total. The maximum Gasteiger partial charge on any atom is 0.480 e. The Bertz CT molecular complexity index is 82.3. The van der Waals surface area contributed by atoms with Crippen molar-refractivity contribution in [1.82, 2.24) is 0 Å². The van der Waals surface area contributed by atoms with Gasteiger partial charge in [-0.15, -0.1) is 0 Å². The summed E-state index contributed by atoms with van der Waals surface area (Å²) in [7, 11) is -1.36. The van der Waals surface area contributed by atoms with Crippen LogP contribution in [0.3, 0.4) is 0 Å². The molecule has 0 spiro atoms. The lowest BCUT2D eigenvalue weighted by molar-refractivity contribution is 0.289. The van der Waals surface area contributed by atoms with E-state index in [1.54, 1.807) is 6.08 Å². The van der Waals surface area contributed by atoms with E-state index in [1.807, 2.05) is 0 Å². The summed E-state index contributed by atoms with van der Waals surface area (Å²) in [5.41, 5.74) is 0. The van der Waals surface area contributed by atoms with Crippen molar-refractivity contribution in [2.24, 2.45) is 0 Å². The van der Waals surface area contributed by atoms with Gasteiger partial charge in [0.1, 0.15) is 0 Å². The number of allylic oxidation sites excluding steroid dienone is 1. The highest BCUT2D eigenvalue weighted by molar-refractivity contribution is 6.47. The molecule has 0 rings (SSSR count). The standard InChI is InChI=1S/C5H11BO3/c7-5-3-1-2-4-6(8)9/h2,4,7-9H,1,3,5H2. The van der Waals surface area contributed by atoms with Gasteiger partial charge < -0.3 is 15.2 Å². The van der Waals surface area contributed by atoms with E-state index >= 15 is 0 Å². The predicted molar refractivity (Wildman–Crippen MR) is 35.7 cm³/mol. The van der Waals surface area contributed by atoms with Crippen molar-refractivity contribution >= 4 is 7.12 Å². The minimum absolute atomic E-state index is 0.145. The molecule has 9 heavy (non-hydrogen) atoms. The molecule has 3 N–H and O–H groups in total. The van der Waals surface area contributed by atoms with Gasteiger partial charge in [0.15, 0.2) is 0 Å². The minimum atomic E-state index is -1.36. The van der Waals surface area contributed by atoms with Crippen LogP contribution < -0.4 is 0 Å². The van der Waals surface area contributed by atoms with E-state index < -0.39 is 7.12 Å². The van der Waals surface area contributed by atoms with Gasteiger partial charge in [0.25, 0.3) is 0 Å². The Morgan fingerprint density at radius 1 is 1.33 bits per heavy atom. The van der Waals surface area contributed by atoms with Gasteiger partial charge in [-0.2, -0.15) is 0 Å². The molecule has 0 bridgehead atoms. The second-order valence-electron chi connectivity index (χ2n) is 1.71. The van der Waals surface area contributed by atoms with Crippen molar-refractivity contribution in [1.29, 1.82) is 0 Å². The van der Waals surface area contributed by atoms with Crippen molar-refractivity contribution in [3.8, 4) is 0 Å². The molecule has 0 fully saturated rings. The van der Waals surface area contributed by atoms with Crippen LogP contribution in [0.1, 0.15) is 12.8 Å². The van der Waals surface area contributed by atoms with Crippen molar-refractivity contribution in [3.63, 3.8) is 0 Å². The van der Waals surface area contributed by atoms with Crippen LogP contribution in [0.5, 0.6) is 0 Å². The smallest absolute Gasteiger partial charge is 0.424 e. The Balaban J connectivity index is 3.04. The number of aliphatic hydroxyl groups is 1. The fourth-order valence-electron chi connectivity index (χ4n) is 0.427. The van der Waals surface area contributed by atoms with Crippen LogP contribution >= 0.6 is 0 Å². The lowest BCUT2D eigenvalue weighted by Crippen LogP contribution is -2.05. The Kier molecular flexibility index (Phi) is 5.61. The first-order valence-corrected chi connectivity index (χ1v) is 2.91. The summed E-state index contributed by atoms with van der Waals surface area (Å²) in [6, 6.07) is 0. The fraction of sp³-hybridized carbons (Fsp3) is 0.600. The van der Waals surface area contributed by atoms with Gasteiger partial charge in [-0.1, -0.05) is 12.1 Å². The molecular weight excluding hydrogens is 119 g/mol. The van der Waals surface area contributed by atoms with E-state index in [9.17, 15) is 0 Å². The van der Waals surface area contributed by atoms with Crippen LogP contribution in [0.25, 0.3) is 0 Å². The van der Waals surface area contributed by atoms with Gasteiger partial charge >= 0.3 is 7.12 Å². The summed E-state index contributed by atoms with van der Waals surface area (Å²) in [5, 5.41) is 24.8. The highest BCUT2D eigenvalue weighted by Crippen LogP contribution is 1.88. The zero-order valence-electron chi connectivity index (χ0n) is 5.20. The third kappa shape index (κ3) is 7.68. The van der Waals surface area contributed by atoms with E-state index in [4.69, 9.17) is 15.2 Å². The topological polar surface area (TPSA) is 60.7 Å². The first-order chi connectivity index (χ1) is 4.27. The van der Waals surface area contributed by atoms with Gasteiger partial charge in [-0.25, -0.2) is 0 Å². The van der Waals surface area contributed by atoms with E-state index in [-0.39, 0.29) is 6.61 Å². The lowest BCUT2D eigenvalue weighted by atomic mass is 9.91. The largest absolute Gasteiger partial charge is 0.480 e. The van der Waals surface area contributed by atoms with Crippen LogP contribution in [0, 0.1) is 0 Å². The predicted octanol–water partition coefficient (Wildman–Crippen LogP) is -0.673. The van der Waals surface area contributed by atoms with Gasteiger partial charge in [0.2, 0.25) is 0 Å². The average molecular weight is 130 g/mol. The molecule has 0 atom stereocenters. The maximum atomic E-state index is 8.27. The molecule has 0 aromatic rings. The minimum Gasteiger partial charge on any atom is -0.424 e. The zero-order chi connectivity index (χ0) is 7.11. The molecular formula is C5H11BO3. The number of unbranched alkanes of at least 4 members (excludes halogenated alkanes) is 1. The summed E-state index contributed by atoms with van der Waals surface area (Å²) < 4.78 is 0. The first kappa shape index (κ1) is 8.68. The molecule has 0 amide bonds. The van der Waals surface area contributed by atoms with Gasteiger partial charge in [0, 0.05) is 6.61 Å². The molecule has 4 heteroatoms. The molecule has 0 radical (unpaired) electrons. The average Bonchev–Trinajstić information content (AvgIpc) is 1.80. The molecule has 0 aromatic heterocycles. The monoisotopic (exact) mass is 130 g/mol. The number of aliphatic hydroxyl groups excluding tert-OH is 1. The van der Waals surface area contributed by atoms with E-state index in [0.29, 0.717) is 12.8 Å². The SMILES string of the molecule is OCCCC=CB(O)O. The lowest BCUT2D eigenvalue weighted by Gasteiger charge is -1.87. The number of hydrogen-bond acceptors (Lipinski definition) is 3. The van der Waals surface area contributed by atoms with E-state index in [0.717, 1.165) is 0 Å². The first-order valence-electron chi connectivity index (χ1n) is 2.91. The maximum absolute atomic E-state index is 8.27. The van der Waals surface area contributed by atoms with E-state index in [1.165, 1.54) is 5.98 Å². The summed E-state index contributed by atoms with van der Waals surface area (Å²) in [6.07, 6.45) is 2.98. The molecule has 52 valence electrons. The molecule has 0 aliphatic carbocycles. The van der Waals surface area contributed by atoms with Crippen LogP contribution in [0.15, 0.2) is 12.1 Å². The highest BCUT2D eigenvalue weighted by atomic mass is 16.4. The normalized spacial score (nSPS) is 10.6. The Labute approximate surface area is 54.8 Å². The Hall–Kier alpha value is -0.315. The fourth-order valence-corrected chi connectivity index (χ4v) is 0.427. The molecule has 0 unspecified atom stereocenters. The molecule has 0 saturated heterocycles. The Morgan fingerprint density at radius 3 is 2.44 bits per heavy atom. The van der Waals surface area contributed by atoms with Crippen LogP contribution in [0.2, 0.25) is 0 Å². The third-order valence-electron chi connectivity index (χ3n) is 0.837. The van der Waals surface area contributed by atoms with Gasteiger partial charge in [0.05, 0.1) is 0 Å². The Morgan fingerprint density at radius 2 is 2.00 bits per heavy atom. The summed E-state index contributed by atoms with van der Waals surface area (Å²) in [6.45, 7) is 0.145. The summed E-state index contributed by atoms with van der Waals surface area (Å²) in [4.78, 5) is 0. The van der Waals surface area contributed by atoms with Crippen LogP contribution in [-0.4, -0.2) is 28.9 Å². The van der Waals surface area contributed by atoms with Crippen molar-refractivity contribution in [2.75, 3.05) is 6.61 Å². The van der Waals surface area contributed by atoms with Crippen LogP contribution in [0.4, 0.5) is 0 Å². The highest BCUT2D eigenvalue weighted by Gasteiger charge is 1.95. The van der Waals surface area contributed by atoms with Crippen molar-refractivity contribution in [2.45, 2.75) is 12.8 Å². The number of hydrogen-bond donors (Lipinski definition) is 3. The molecule has 0 aliphatic rings. The van der Waals surface area contributed by atoms with Gasteiger partial charge in [-0.3, -0.25) is 0 Å². The second kappa shape index (κ2) is 5.82. The molecule has 0 heterocycles. The van der Waals surface area contributed by atoms with Crippen molar-refractivity contribution in [3.05, 3.63) is 12.1 Å². The molecule has 0 aromatic carbocycles. The number of rotatable bonds is 4. The summed E-state index contributed by atoms with van der Waals surface area (Å²) in [5.74, 6) is 1.27.